The molecule has 1 N–H and O–H groups in total. The quantitative estimate of drug-likeness (QED) is 0.520. The van der Waals surface area contributed by atoms with Gasteiger partial charge in [0.2, 0.25) is 0 Å². The van der Waals surface area contributed by atoms with E-state index < -0.39 is 0 Å². The standard InChI is InChI=1S/C9H12N2.H2/c1-2-8-10-11-9-6-4-3-5-7-9;/h3-8,11H,2H2,1H3;1H/b10-8+;. The minimum absolute atomic E-state index is 0. The van der Waals surface area contributed by atoms with Crippen LogP contribution in [0.1, 0.15) is 14.8 Å². The highest BCUT2D eigenvalue weighted by Crippen LogP contribution is 2.03. The van der Waals surface area contributed by atoms with Crippen LogP contribution in [0, 0.1) is 0 Å². The van der Waals surface area contributed by atoms with Gasteiger partial charge >= 0.3 is 0 Å². The molecule has 1 aromatic carbocycles. The van der Waals surface area contributed by atoms with Gasteiger partial charge in [-0.2, -0.15) is 5.10 Å². The number of rotatable bonds is 3. The van der Waals surface area contributed by atoms with Crippen molar-refractivity contribution in [3.05, 3.63) is 30.3 Å². The van der Waals surface area contributed by atoms with Gasteiger partial charge < -0.3 is 0 Å². The molecule has 0 heterocycles. The summed E-state index contributed by atoms with van der Waals surface area (Å²) < 4.78 is 0. The summed E-state index contributed by atoms with van der Waals surface area (Å²) in [6.07, 6.45) is 2.80. The molecule has 0 aliphatic heterocycles. The first-order chi connectivity index (χ1) is 5.43. The fourth-order valence-electron chi connectivity index (χ4n) is 0.724. The zero-order chi connectivity index (χ0) is 7.94. The fraction of sp³-hybridized carbons (Fsp3) is 0.222. The van der Waals surface area contributed by atoms with Crippen LogP contribution in [0.4, 0.5) is 5.69 Å². The van der Waals surface area contributed by atoms with Gasteiger partial charge in [0, 0.05) is 7.64 Å². The number of hydrogen-bond acceptors (Lipinski definition) is 2. The molecule has 0 amide bonds. The fourth-order valence-corrected chi connectivity index (χ4v) is 0.724. The minimum Gasteiger partial charge on any atom is -0.279 e. The first-order valence-corrected chi connectivity index (χ1v) is 3.76. The van der Waals surface area contributed by atoms with Crippen molar-refractivity contribution in [2.45, 2.75) is 13.3 Å². The SMILES string of the molecule is CC/C=N/Nc1ccccc1.[HH]. The van der Waals surface area contributed by atoms with Gasteiger partial charge in [0.05, 0.1) is 5.69 Å². The molecule has 0 aliphatic rings. The normalized spacial score (nSPS) is 10.3. The van der Waals surface area contributed by atoms with Crippen molar-refractivity contribution < 1.29 is 1.43 Å². The third-order valence-corrected chi connectivity index (χ3v) is 1.24. The van der Waals surface area contributed by atoms with Crippen molar-refractivity contribution in [1.29, 1.82) is 0 Å². The maximum atomic E-state index is 3.99. The predicted molar refractivity (Wildman–Crippen MR) is 51.0 cm³/mol. The lowest BCUT2D eigenvalue weighted by Crippen LogP contribution is -1.87. The van der Waals surface area contributed by atoms with Gasteiger partial charge in [-0.25, -0.2) is 0 Å². The summed E-state index contributed by atoms with van der Waals surface area (Å²) in [6.45, 7) is 2.05. The second-order valence-corrected chi connectivity index (χ2v) is 2.20. The molecular weight excluding hydrogens is 136 g/mol. The lowest BCUT2D eigenvalue weighted by molar-refractivity contribution is 1.27. The van der Waals surface area contributed by atoms with E-state index >= 15 is 0 Å². The van der Waals surface area contributed by atoms with E-state index in [0.717, 1.165) is 12.1 Å². The van der Waals surface area contributed by atoms with Crippen LogP contribution in [-0.4, -0.2) is 6.21 Å². The summed E-state index contributed by atoms with van der Waals surface area (Å²) in [7, 11) is 0. The Morgan fingerprint density at radius 1 is 1.45 bits per heavy atom. The number of nitrogens with zero attached hydrogens (tertiary/aromatic N) is 1. The monoisotopic (exact) mass is 150 g/mol. The smallest absolute Gasteiger partial charge is 0.0561 e. The highest BCUT2D eigenvalue weighted by molar-refractivity contribution is 5.58. The van der Waals surface area contributed by atoms with E-state index in [4.69, 9.17) is 0 Å². The molecule has 0 unspecified atom stereocenters. The second kappa shape index (κ2) is 4.50. The molecule has 11 heavy (non-hydrogen) atoms. The maximum Gasteiger partial charge on any atom is 0.0561 e. The van der Waals surface area contributed by atoms with Crippen molar-refractivity contribution in [2.75, 3.05) is 5.43 Å². The van der Waals surface area contributed by atoms with Crippen LogP contribution in [0.3, 0.4) is 0 Å². The van der Waals surface area contributed by atoms with Crippen molar-refractivity contribution in [1.82, 2.24) is 0 Å². The largest absolute Gasteiger partial charge is 0.279 e. The average Bonchev–Trinajstić information content (AvgIpc) is 2.07. The van der Waals surface area contributed by atoms with Crippen LogP contribution >= 0.6 is 0 Å². The predicted octanol–water partition coefficient (Wildman–Crippen LogP) is 2.74. The van der Waals surface area contributed by atoms with Gasteiger partial charge in [0.1, 0.15) is 0 Å². The topological polar surface area (TPSA) is 24.4 Å². The Morgan fingerprint density at radius 2 is 2.18 bits per heavy atom. The molecule has 0 aliphatic carbocycles. The van der Waals surface area contributed by atoms with Crippen LogP contribution in [0.25, 0.3) is 0 Å². The lowest BCUT2D eigenvalue weighted by atomic mass is 10.3. The minimum atomic E-state index is 0. The van der Waals surface area contributed by atoms with E-state index in [9.17, 15) is 0 Å². The molecular formula is C9H14N2. The highest BCUT2D eigenvalue weighted by Gasteiger charge is 1.82. The molecule has 2 nitrogen and oxygen atoms in total. The maximum absolute atomic E-state index is 3.99. The number of benzene rings is 1. The number of hydrazone groups is 1. The van der Waals surface area contributed by atoms with Gasteiger partial charge in [-0.1, -0.05) is 25.1 Å². The summed E-state index contributed by atoms with van der Waals surface area (Å²) in [5, 5.41) is 3.99. The number of hydrogen-bond donors (Lipinski definition) is 1. The summed E-state index contributed by atoms with van der Waals surface area (Å²) in [4.78, 5) is 0. The van der Waals surface area contributed by atoms with Gasteiger partial charge in [-0.05, 0) is 18.6 Å². The first-order valence-electron chi connectivity index (χ1n) is 3.76. The molecule has 0 spiro atoms. The zero-order valence-electron chi connectivity index (χ0n) is 6.62. The Balaban J connectivity index is 0.00000121. The molecule has 0 saturated carbocycles. The van der Waals surface area contributed by atoms with Crippen molar-refractivity contribution in [3.8, 4) is 0 Å². The molecule has 1 aromatic rings. The highest BCUT2D eigenvalue weighted by atomic mass is 15.3. The van der Waals surface area contributed by atoms with Crippen molar-refractivity contribution in [2.24, 2.45) is 5.10 Å². The average molecular weight is 150 g/mol. The number of nitrogens with one attached hydrogen (secondary N) is 1. The molecule has 0 bridgehead atoms. The van der Waals surface area contributed by atoms with E-state index in [-0.39, 0.29) is 1.43 Å². The van der Waals surface area contributed by atoms with E-state index in [1.165, 1.54) is 0 Å². The molecule has 2 heteroatoms. The van der Waals surface area contributed by atoms with Gasteiger partial charge in [0.25, 0.3) is 0 Å². The molecule has 0 aromatic heterocycles. The molecule has 0 radical (unpaired) electrons. The summed E-state index contributed by atoms with van der Waals surface area (Å²) in [6, 6.07) is 9.89. The summed E-state index contributed by atoms with van der Waals surface area (Å²) in [5.41, 5.74) is 3.94. The molecule has 0 atom stereocenters. The van der Waals surface area contributed by atoms with Crippen molar-refractivity contribution in [3.63, 3.8) is 0 Å². The second-order valence-electron chi connectivity index (χ2n) is 2.20. The van der Waals surface area contributed by atoms with Gasteiger partial charge in [-0.3, -0.25) is 5.43 Å². The first kappa shape index (κ1) is 7.79. The van der Waals surface area contributed by atoms with Crippen LogP contribution in [-0.2, 0) is 0 Å². The number of anilines is 1. The Labute approximate surface area is 68.4 Å². The van der Waals surface area contributed by atoms with Crippen LogP contribution in [0.15, 0.2) is 35.4 Å². The van der Waals surface area contributed by atoms with Crippen LogP contribution in [0.2, 0.25) is 0 Å². The van der Waals surface area contributed by atoms with Crippen LogP contribution < -0.4 is 5.43 Å². The van der Waals surface area contributed by atoms with Crippen molar-refractivity contribution >= 4 is 11.9 Å². The number of para-hydroxylation sites is 1. The molecule has 1 rings (SSSR count). The Morgan fingerprint density at radius 3 is 2.82 bits per heavy atom. The third kappa shape index (κ3) is 2.85. The third-order valence-electron chi connectivity index (χ3n) is 1.24. The Kier molecular flexibility index (Phi) is 3.19. The summed E-state index contributed by atoms with van der Waals surface area (Å²) >= 11 is 0. The van der Waals surface area contributed by atoms with E-state index in [1.54, 1.807) is 0 Å². The zero-order valence-corrected chi connectivity index (χ0v) is 6.62. The van der Waals surface area contributed by atoms with E-state index in [1.807, 2.05) is 36.5 Å². The molecule has 0 fully saturated rings. The molecule has 0 saturated heterocycles. The van der Waals surface area contributed by atoms with Crippen LogP contribution in [0.5, 0.6) is 0 Å². The van der Waals surface area contributed by atoms with E-state index in [2.05, 4.69) is 17.5 Å². The van der Waals surface area contributed by atoms with Gasteiger partial charge in [0.15, 0.2) is 0 Å². The lowest BCUT2D eigenvalue weighted by Gasteiger charge is -1.96. The Bertz CT molecular complexity index is 221. The Hall–Kier alpha value is -1.31. The van der Waals surface area contributed by atoms with Gasteiger partial charge in [-0.15, -0.1) is 0 Å². The van der Waals surface area contributed by atoms with E-state index in [0.29, 0.717) is 0 Å². The summed E-state index contributed by atoms with van der Waals surface area (Å²) in [5.74, 6) is 0. The molecule has 60 valence electrons.